The number of halogens is 1. The van der Waals surface area contributed by atoms with Gasteiger partial charge in [0.05, 0.1) is 5.56 Å². The molecular formula is C7H3BrNNaO2S. The number of hydrogen-bond acceptors (Lipinski definition) is 3. The van der Waals surface area contributed by atoms with Crippen LogP contribution in [0.1, 0.15) is 5.56 Å². The first kappa shape index (κ1) is 13.3. The number of nitrogens with zero attached hydrogens (tertiary/aromatic N) is 1. The van der Waals surface area contributed by atoms with Gasteiger partial charge in [0.25, 0.3) is 0 Å². The fraction of sp³-hybridized carbons (Fsp3) is 0. The molecule has 0 aliphatic heterocycles. The number of nitriles is 1. The third-order valence-corrected chi connectivity index (χ3v) is 2.55. The van der Waals surface area contributed by atoms with Gasteiger partial charge < -0.3 is 4.55 Å². The van der Waals surface area contributed by atoms with Crippen LogP contribution in [0, 0.1) is 11.3 Å². The standard InChI is InChI=1S/C7H4BrNO2S.Na/c8-7-3-6(12(10)11)2-1-5(7)4-9;/h1-3H,(H,10,11);/q;+1/p-1. The molecule has 1 aromatic carbocycles. The Morgan fingerprint density at radius 3 is 2.54 bits per heavy atom. The predicted molar refractivity (Wildman–Crippen MR) is 46.0 cm³/mol. The minimum atomic E-state index is -2.24. The molecule has 0 bridgehead atoms. The molecule has 1 unspecified atom stereocenters. The minimum Gasteiger partial charge on any atom is -0.768 e. The van der Waals surface area contributed by atoms with E-state index < -0.39 is 11.1 Å². The van der Waals surface area contributed by atoms with E-state index in [4.69, 9.17) is 5.26 Å². The summed E-state index contributed by atoms with van der Waals surface area (Å²) in [4.78, 5) is 0.167. The molecule has 0 spiro atoms. The molecule has 0 fully saturated rings. The molecule has 0 amide bonds. The van der Waals surface area contributed by atoms with E-state index in [0.717, 1.165) is 0 Å². The summed E-state index contributed by atoms with van der Waals surface area (Å²) >= 11 is 0.841. The molecule has 0 N–H and O–H groups in total. The van der Waals surface area contributed by atoms with E-state index in [2.05, 4.69) is 15.9 Å². The van der Waals surface area contributed by atoms with Crippen molar-refractivity contribution in [3.8, 4) is 6.07 Å². The molecule has 13 heavy (non-hydrogen) atoms. The molecule has 3 nitrogen and oxygen atoms in total. The Hall–Kier alpha value is 0.300. The average molecular weight is 268 g/mol. The summed E-state index contributed by atoms with van der Waals surface area (Å²) in [5.74, 6) is 0. The van der Waals surface area contributed by atoms with Crippen LogP contribution in [0.4, 0.5) is 0 Å². The van der Waals surface area contributed by atoms with Gasteiger partial charge in [0.2, 0.25) is 0 Å². The maximum atomic E-state index is 10.4. The molecule has 1 atom stereocenters. The molecule has 0 aromatic heterocycles. The number of hydrogen-bond donors (Lipinski definition) is 0. The first-order chi connectivity index (χ1) is 5.65. The van der Waals surface area contributed by atoms with Gasteiger partial charge in [0.15, 0.2) is 0 Å². The SMILES string of the molecule is N#Cc1ccc(S(=O)[O-])cc1Br.[Na+]. The molecule has 0 saturated heterocycles. The van der Waals surface area contributed by atoms with Gasteiger partial charge in [0, 0.05) is 9.37 Å². The number of rotatable bonds is 1. The van der Waals surface area contributed by atoms with Crippen molar-refractivity contribution in [2.45, 2.75) is 4.90 Å². The molecule has 0 aliphatic carbocycles. The van der Waals surface area contributed by atoms with Crippen molar-refractivity contribution >= 4 is 27.0 Å². The molecule has 1 rings (SSSR count). The molecule has 0 saturated carbocycles. The predicted octanol–water partition coefficient (Wildman–Crippen LogP) is -1.44. The zero-order chi connectivity index (χ0) is 9.14. The second kappa shape index (κ2) is 5.91. The van der Waals surface area contributed by atoms with Crippen molar-refractivity contribution in [3.63, 3.8) is 0 Å². The van der Waals surface area contributed by atoms with Crippen LogP contribution in [0.15, 0.2) is 27.6 Å². The van der Waals surface area contributed by atoms with Crippen LogP contribution in [0.3, 0.4) is 0 Å². The van der Waals surface area contributed by atoms with Gasteiger partial charge in [0.1, 0.15) is 6.07 Å². The van der Waals surface area contributed by atoms with Crippen molar-refractivity contribution in [1.29, 1.82) is 5.26 Å². The molecule has 62 valence electrons. The van der Waals surface area contributed by atoms with Crippen molar-refractivity contribution in [2.24, 2.45) is 0 Å². The third-order valence-electron chi connectivity index (χ3n) is 1.25. The Balaban J connectivity index is 0.00000144. The Morgan fingerprint density at radius 1 is 1.54 bits per heavy atom. The summed E-state index contributed by atoms with van der Waals surface area (Å²) in [7, 11) is 0. The Morgan fingerprint density at radius 2 is 2.15 bits per heavy atom. The fourth-order valence-electron chi connectivity index (χ4n) is 0.690. The van der Waals surface area contributed by atoms with E-state index in [9.17, 15) is 8.76 Å². The summed E-state index contributed by atoms with van der Waals surface area (Å²) in [6.45, 7) is 0. The number of benzene rings is 1. The average Bonchev–Trinajstić information content (AvgIpc) is 2.04. The zero-order valence-corrected chi connectivity index (χ0v) is 11.2. The van der Waals surface area contributed by atoms with Gasteiger partial charge in [-0.25, -0.2) is 0 Å². The van der Waals surface area contributed by atoms with Crippen LogP contribution < -0.4 is 29.6 Å². The maximum absolute atomic E-state index is 10.4. The van der Waals surface area contributed by atoms with E-state index in [1.54, 1.807) is 0 Å². The zero-order valence-electron chi connectivity index (χ0n) is 6.78. The van der Waals surface area contributed by atoms with E-state index in [0.29, 0.717) is 10.0 Å². The van der Waals surface area contributed by atoms with Crippen LogP contribution in [-0.4, -0.2) is 8.76 Å². The Labute approximate surface area is 109 Å². The van der Waals surface area contributed by atoms with Gasteiger partial charge in [-0.05, 0) is 45.2 Å². The quantitative estimate of drug-likeness (QED) is 0.463. The van der Waals surface area contributed by atoms with Crippen molar-refractivity contribution in [2.75, 3.05) is 0 Å². The van der Waals surface area contributed by atoms with Crippen LogP contribution >= 0.6 is 15.9 Å². The molecule has 1 aromatic rings. The third kappa shape index (κ3) is 3.50. The first-order valence-corrected chi connectivity index (χ1v) is 4.81. The largest absolute Gasteiger partial charge is 1.00 e. The van der Waals surface area contributed by atoms with Gasteiger partial charge in [-0.15, -0.1) is 0 Å². The van der Waals surface area contributed by atoms with Crippen LogP contribution in [-0.2, 0) is 11.1 Å². The molecular weight excluding hydrogens is 265 g/mol. The summed E-state index contributed by atoms with van der Waals surface area (Å²) in [6, 6.07) is 6.14. The molecule has 0 aliphatic rings. The van der Waals surface area contributed by atoms with E-state index >= 15 is 0 Å². The van der Waals surface area contributed by atoms with Crippen molar-refractivity contribution < 1.29 is 38.3 Å². The van der Waals surface area contributed by atoms with E-state index in [1.807, 2.05) is 6.07 Å². The van der Waals surface area contributed by atoms with Gasteiger partial charge in [-0.2, -0.15) is 5.26 Å². The molecule has 0 heterocycles. The van der Waals surface area contributed by atoms with E-state index in [-0.39, 0.29) is 34.5 Å². The summed E-state index contributed by atoms with van der Waals surface area (Å²) < 4.78 is 21.4. The molecule has 6 heteroatoms. The molecule has 0 radical (unpaired) electrons. The van der Waals surface area contributed by atoms with Crippen LogP contribution in [0.25, 0.3) is 0 Å². The summed E-state index contributed by atoms with van der Waals surface area (Å²) in [6.07, 6.45) is 0. The summed E-state index contributed by atoms with van der Waals surface area (Å²) in [5.41, 5.74) is 0.421. The maximum Gasteiger partial charge on any atom is 1.00 e. The topological polar surface area (TPSA) is 63.9 Å². The van der Waals surface area contributed by atoms with Gasteiger partial charge >= 0.3 is 29.6 Å². The van der Waals surface area contributed by atoms with Crippen molar-refractivity contribution in [3.05, 3.63) is 28.2 Å². The van der Waals surface area contributed by atoms with E-state index in [1.165, 1.54) is 18.2 Å². The summed E-state index contributed by atoms with van der Waals surface area (Å²) in [5, 5.41) is 8.51. The Bertz CT molecular complexity index is 377. The first-order valence-electron chi connectivity index (χ1n) is 2.94. The van der Waals surface area contributed by atoms with Crippen LogP contribution in [0.2, 0.25) is 0 Å². The fourth-order valence-corrected chi connectivity index (χ4v) is 1.70. The van der Waals surface area contributed by atoms with Crippen molar-refractivity contribution in [1.82, 2.24) is 0 Å². The normalized spacial score (nSPS) is 11.2. The second-order valence-electron chi connectivity index (χ2n) is 1.99. The smallest absolute Gasteiger partial charge is 0.768 e. The minimum absolute atomic E-state index is 0. The second-order valence-corrected chi connectivity index (χ2v) is 3.78. The monoisotopic (exact) mass is 267 g/mol. The van der Waals surface area contributed by atoms with Crippen LogP contribution in [0.5, 0.6) is 0 Å². The van der Waals surface area contributed by atoms with Gasteiger partial charge in [-0.3, -0.25) is 4.21 Å². The van der Waals surface area contributed by atoms with Gasteiger partial charge in [-0.1, -0.05) is 0 Å². The Kier molecular flexibility index (Phi) is 6.05.